The van der Waals surface area contributed by atoms with E-state index in [9.17, 15) is 26.4 Å². The third-order valence-electron chi connectivity index (χ3n) is 4.91. The van der Waals surface area contributed by atoms with Crippen molar-refractivity contribution < 1.29 is 43.2 Å². The van der Waals surface area contributed by atoms with E-state index in [2.05, 4.69) is 8.37 Å². The first-order valence-electron chi connectivity index (χ1n) is 11.2. The lowest BCUT2D eigenvalue weighted by atomic mass is 10.0. The van der Waals surface area contributed by atoms with Crippen LogP contribution in [0, 0.1) is 11.8 Å². The maximum atomic E-state index is 11.8. The maximum Gasteiger partial charge on any atom is 0.451 e. The van der Waals surface area contributed by atoms with Gasteiger partial charge in [0.2, 0.25) is 0 Å². The van der Waals surface area contributed by atoms with E-state index in [0.29, 0.717) is 12.8 Å². The van der Waals surface area contributed by atoms with Crippen LogP contribution in [0.3, 0.4) is 0 Å². The highest BCUT2D eigenvalue weighted by Crippen LogP contribution is 2.16. The molecule has 0 saturated heterocycles. The van der Waals surface area contributed by atoms with Gasteiger partial charge in [-0.3, -0.25) is 9.59 Å². The zero-order valence-corrected chi connectivity index (χ0v) is 21.2. The minimum Gasteiger partial charge on any atom is -0.325 e. The molecule has 0 aromatic heterocycles. The van der Waals surface area contributed by atoms with Crippen molar-refractivity contribution in [2.24, 2.45) is 11.8 Å². The third kappa shape index (κ3) is 15.5. The van der Waals surface area contributed by atoms with Gasteiger partial charge in [0, 0.05) is 0 Å². The molecule has 12 heteroatoms. The molecule has 0 radical (unpaired) electrons. The van der Waals surface area contributed by atoms with Crippen molar-refractivity contribution in [2.75, 3.05) is 13.2 Å². The molecule has 0 N–H and O–H groups in total. The molecule has 0 fully saturated rings. The van der Waals surface area contributed by atoms with Gasteiger partial charge < -0.3 is 8.37 Å². The molecule has 0 spiro atoms. The Bertz CT molecular complexity index is 682. The minimum absolute atomic E-state index is 0.0119. The Labute approximate surface area is 193 Å². The molecule has 0 bridgehead atoms. The molecule has 0 aliphatic carbocycles. The molecule has 0 amide bonds. The second-order valence-corrected chi connectivity index (χ2v) is 10.1. The van der Waals surface area contributed by atoms with Crippen LogP contribution in [-0.4, -0.2) is 42.0 Å². The molecular formula is C20H38O10S2. The second kappa shape index (κ2) is 16.4. The van der Waals surface area contributed by atoms with Gasteiger partial charge >= 0.3 is 32.7 Å². The van der Waals surface area contributed by atoms with E-state index < -0.39 is 45.6 Å². The number of rotatable bonds is 19. The van der Waals surface area contributed by atoms with Crippen LogP contribution >= 0.6 is 0 Å². The monoisotopic (exact) mass is 502 g/mol. The van der Waals surface area contributed by atoms with Crippen LogP contribution in [0.5, 0.6) is 0 Å². The summed E-state index contributed by atoms with van der Waals surface area (Å²) in [5, 5.41) is 0. The molecule has 10 nitrogen and oxygen atoms in total. The summed E-state index contributed by atoms with van der Waals surface area (Å²) in [5.74, 6) is -2.49. The van der Waals surface area contributed by atoms with Crippen LogP contribution < -0.4 is 0 Å². The summed E-state index contributed by atoms with van der Waals surface area (Å²) < 4.78 is 65.1. The Morgan fingerprint density at radius 3 is 1.28 bits per heavy atom. The molecule has 190 valence electrons. The van der Waals surface area contributed by atoms with Crippen LogP contribution in [-0.2, 0) is 47.1 Å². The fraction of sp³-hybridized carbons (Fsp3) is 0.900. The van der Waals surface area contributed by atoms with Gasteiger partial charge in [-0.1, -0.05) is 66.2 Å². The molecule has 0 heterocycles. The van der Waals surface area contributed by atoms with Crippen molar-refractivity contribution in [2.45, 2.75) is 91.9 Å². The van der Waals surface area contributed by atoms with Gasteiger partial charge in [0.1, 0.15) is 0 Å². The summed E-state index contributed by atoms with van der Waals surface area (Å²) in [6.45, 7) is 7.62. The first-order chi connectivity index (χ1) is 15.0. The van der Waals surface area contributed by atoms with Crippen LogP contribution in [0.4, 0.5) is 0 Å². The van der Waals surface area contributed by atoms with E-state index >= 15 is 0 Å². The predicted octanol–water partition coefficient (Wildman–Crippen LogP) is 3.81. The van der Waals surface area contributed by atoms with Gasteiger partial charge in [-0.2, -0.15) is 16.8 Å². The molecular weight excluding hydrogens is 464 g/mol. The van der Waals surface area contributed by atoms with Gasteiger partial charge in [0.25, 0.3) is 0 Å². The molecule has 2 unspecified atom stereocenters. The van der Waals surface area contributed by atoms with Gasteiger partial charge in [-0.15, -0.1) is 0 Å². The average Bonchev–Trinajstić information content (AvgIpc) is 2.72. The van der Waals surface area contributed by atoms with Gasteiger partial charge in [-0.05, 0) is 24.7 Å². The standard InChI is InChI=1S/C20H38O10S2/c1-5-9-11-17(7-3)15-27-31(23,24)29-19(21)13-14-20(22)30-32(25,26)28-16-18(8-4)12-10-6-2/h17-18H,5-16H2,1-4H3. The van der Waals surface area contributed by atoms with E-state index in [1.807, 2.05) is 27.7 Å². The first-order valence-corrected chi connectivity index (χ1v) is 13.9. The molecule has 32 heavy (non-hydrogen) atoms. The van der Waals surface area contributed by atoms with E-state index in [1.54, 1.807) is 0 Å². The van der Waals surface area contributed by atoms with E-state index in [0.717, 1.165) is 38.5 Å². The van der Waals surface area contributed by atoms with Crippen molar-refractivity contribution in [3.8, 4) is 0 Å². The smallest absolute Gasteiger partial charge is 0.325 e. The minimum atomic E-state index is -4.57. The Hall–Kier alpha value is -1.24. The van der Waals surface area contributed by atoms with E-state index in [1.165, 1.54) is 0 Å². The van der Waals surface area contributed by atoms with Crippen molar-refractivity contribution >= 4 is 32.7 Å². The normalized spacial score (nSPS) is 14.0. The number of carbonyl (C=O) groups is 2. The molecule has 0 aliphatic heterocycles. The fourth-order valence-corrected chi connectivity index (χ4v) is 4.16. The highest BCUT2D eigenvalue weighted by atomic mass is 32.3. The second-order valence-electron chi connectivity index (χ2n) is 7.63. The summed E-state index contributed by atoms with van der Waals surface area (Å²) in [4.78, 5) is 23.4. The van der Waals surface area contributed by atoms with Crippen molar-refractivity contribution in [3.05, 3.63) is 0 Å². The van der Waals surface area contributed by atoms with Crippen molar-refractivity contribution in [1.82, 2.24) is 0 Å². The van der Waals surface area contributed by atoms with Crippen molar-refractivity contribution in [1.29, 1.82) is 0 Å². The molecule has 2 atom stereocenters. The van der Waals surface area contributed by atoms with Crippen LogP contribution in [0.15, 0.2) is 0 Å². The van der Waals surface area contributed by atoms with Gasteiger partial charge in [0.05, 0.1) is 26.1 Å². The summed E-state index contributed by atoms with van der Waals surface area (Å²) >= 11 is 0. The SMILES string of the molecule is CCCCC(CC)COS(=O)(=O)OC(=O)CCC(=O)OS(=O)(=O)OCC(CC)CCCC. The Balaban J connectivity index is 4.41. The Morgan fingerprint density at radius 1 is 0.656 bits per heavy atom. The lowest BCUT2D eigenvalue weighted by Crippen LogP contribution is -2.22. The topological polar surface area (TPSA) is 139 Å². The lowest BCUT2D eigenvalue weighted by Gasteiger charge is -2.14. The largest absolute Gasteiger partial charge is 0.451 e. The van der Waals surface area contributed by atoms with Crippen molar-refractivity contribution in [3.63, 3.8) is 0 Å². The molecule has 0 aliphatic rings. The van der Waals surface area contributed by atoms with Gasteiger partial charge in [0.15, 0.2) is 0 Å². The number of carbonyl (C=O) groups excluding carboxylic acids is 2. The van der Waals surface area contributed by atoms with Crippen LogP contribution in [0.1, 0.15) is 91.9 Å². The number of unbranched alkanes of at least 4 members (excludes halogenated alkanes) is 2. The molecule has 0 saturated carbocycles. The summed E-state index contributed by atoms with van der Waals surface area (Å²) in [7, 11) is -9.13. The molecule has 0 rings (SSSR count). The zero-order chi connectivity index (χ0) is 24.6. The Kier molecular flexibility index (Phi) is 15.7. The predicted molar refractivity (Wildman–Crippen MR) is 118 cm³/mol. The zero-order valence-electron chi connectivity index (χ0n) is 19.5. The number of hydrogen-bond acceptors (Lipinski definition) is 10. The summed E-state index contributed by atoms with van der Waals surface area (Å²) in [5.41, 5.74) is 0. The first kappa shape index (κ1) is 30.8. The quantitative estimate of drug-likeness (QED) is 0.256. The molecule has 0 aromatic carbocycles. The highest BCUT2D eigenvalue weighted by Gasteiger charge is 2.24. The maximum absolute atomic E-state index is 11.8. The number of hydrogen-bond donors (Lipinski definition) is 0. The average molecular weight is 503 g/mol. The molecule has 0 aromatic rings. The van der Waals surface area contributed by atoms with Crippen LogP contribution in [0.25, 0.3) is 0 Å². The summed E-state index contributed by atoms with van der Waals surface area (Å²) in [6.07, 6.45) is 5.39. The summed E-state index contributed by atoms with van der Waals surface area (Å²) in [6, 6.07) is 0. The third-order valence-corrected chi connectivity index (χ3v) is 6.54. The van der Waals surface area contributed by atoms with Crippen LogP contribution in [0.2, 0.25) is 0 Å². The highest BCUT2D eigenvalue weighted by molar-refractivity contribution is 7.82. The van der Waals surface area contributed by atoms with E-state index in [4.69, 9.17) is 8.37 Å². The van der Waals surface area contributed by atoms with Gasteiger partial charge in [-0.25, -0.2) is 8.37 Å². The lowest BCUT2D eigenvalue weighted by molar-refractivity contribution is -0.141. The Morgan fingerprint density at radius 2 is 1.00 bits per heavy atom. The van der Waals surface area contributed by atoms with E-state index in [-0.39, 0.29) is 25.0 Å². The fourth-order valence-electron chi connectivity index (χ4n) is 2.72.